The Hall–Kier alpha value is -0.950. The lowest BCUT2D eigenvalue weighted by Gasteiger charge is -2.31. The summed E-state index contributed by atoms with van der Waals surface area (Å²) in [5.41, 5.74) is 0.897. The summed E-state index contributed by atoms with van der Waals surface area (Å²) in [5.74, 6) is 0. The summed E-state index contributed by atoms with van der Waals surface area (Å²) in [6, 6.07) is 9.81. The van der Waals surface area contributed by atoms with Gasteiger partial charge in [0.05, 0.1) is 12.4 Å². The summed E-state index contributed by atoms with van der Waals surface area (Å²) < 4.78 is 24.3. The second-order valence-electron chi connectivity index (χ2n) is 5.27. The SMILES string of the molecule is CS(=O)(=O)N1CCC(NCC(O)c2ccccc2)CC1. The smallest absolute Gasteiger partial charge is 0.211 e. The molecule has 0 spiro atoms. The fraction of sp³-hybridized carbons (Fsp3) is 0.571. The molecule has 1 aliphatic rings. The van der Waals surface area contributed by atoms with Crippen molar-refractivity contribution in [3.63, 3.8) is 0 Å². The number of piperidine rings is 1. The molecule has 0 radical (unpaired) electrons. The largest absolute Gasteiger partial charge is 0.387 e. The summed E-state index contributed by atoms with van der Waals surface area (Å²) in [7, 11) is -3.07. The number of sulfonamides is 1. The Morgan fingerprint density at radius 3 is 2.45 bits per heavy atom. The molecule has 5 nitrogen and oxygen atoms in total. The molecule has 0 aromatic heterocycles. The Balaban J connectivity index is 1.77. The molecule has 0 saturated carbocycles. The van der Waals surface area contributed by atoms with Crippen molar-refractivity contribution >= 4 is 10.0 Å². The van der Waals surface area contributed by atoms with Crippen molar-refractivity contribution in [3.05, 3.63) is 35.9 Å². The van der Waals surface area contributed by atoms with Crippen molar-refractivity contribution in [1.82, 2.24) is 9.62 Å². The summed E-state index contributed by atoms with van der Waals surface area (Å²) in [6.07, 6.45) is 2.30. The van der Waals surface area contributed by atoms with Gasteiger partial charge < -0.3 is 10.4 Å². The van der Waals surface area contributed by atoms with Gasteiger partial charge in [0.1, 0.15) is 0 Å². The Bertz CT molecular complexity index is 510. The van der Waals surface area contributed by atoms with Crippen LogP contribution in [0.2, 0.25) is 0 Å². The van der Waals surface area contributed by atoms with E-state index in [0.717, 1.165) is 18.4 Å². The first-order valence-corrected chi connectivity index (χ1v) is 8.73. The zero-order chi connectivity index (χ0) is 14.6. The molecule has 1 aliphatic heterocycles. The minimum atomic E-state index is -3.07. The number of nitrogens with one attached hydrogen (secondary N) is 1. The van der Waals surface area contributed by atoms with Crippen LogP contribution in [0.15, 0.2) is 30.3 Å². The highest BCUT2D eigenvalue weighted by Crippen LogP contribution is 2.15. The Morgan fingerprint density at radius 1 is 1.30 bits per heavy atom. The molecule has 2 N–H and O–H groups in total. The van der Waals surface area contributed by atoms with Gasteiger partial charge in [-0.25, -0.2) is 12.7 Å². The van der Waals surface area contributed by atoms with E-state index in [4.69, 9.17) is 0 Å². The molecule has 0 aliphatic carbocycles. The van der Waals surface area contributed by atoms with Crippen LogP contribution < -0.4 is 5.32 Å². The van der Waals surface area contributed by atoms with Crippen LogP contribution in [0.25, 0.3) is 0 Å². The van der Waals surface area contributed by atoms with Crippen molar-refractivity contribution in [1.29, 1.82) is 0 Å². The monoisotopic (exact) mass is 298 g/mol. The molecule has 6 heteroatoms. The standard InChI is InChI=1S/C14H22N2O3S/c1-20(18,19)16-9-7-13(8-10-16)15-11-14(17)12-5-3-2-4-6-12/h2-6,13-15,17H,7-11H2,1H3. The van der Waals surface area contributed by atoms with Gasteiger partial charge in [-0.05, 0) is 18.4 Å². The van der Waals surface area contributed by atoms with Crippen molar-refractivity contribution in [2.24, 2.45) is 0 Å². The molecule has 1 aromatic carbocycles. The van der Waals surface area contributed by atoms with E-state index >= 15 is 0 Å². The average Bonchev–Trinajstić information content (AvgIpc) is 2.45. The third-order valence-electron chi connectivity index (χ3n) is 3.71. The molecule has 20 heavy (non-hydrogen) atoms. The van der Waals surface area contributed by atoms with Crippen LogP contribution in [0.5, 0.6) is 0 Å². The summed E-state index contributed by atoms with van der Waals surface area (Å²) in [4.78, 5) is 0. The molecule has 112 valence electrons. The molecule has 1 heterocycles. The Kier molecular flexibility index (Phi) is 5.15. The van der Waals surface area contributed by atoms with E-state index < -0.39 is 16.1 Å². The number of rotatable bonds is 5. The van der Waals surface area contributed by atoms with Gasteiger partial charge in [0.2, 0.25) is 10.0 Å². The second kappa shape index (κ2) is 6.67. The lowest BCUT2D eigenvalue weighted by molar-refractivity contribution is 0.163. The van der Waals surface area contributed by atoms with E-state index in [1.165, 1.54) is 10.6 Å². The molecule has 1 aromatic rings. The lowest BCUT2D eigenvalue weighted by Crippen LogP contribution is -2.45. The zero-order valence-electron chi connectivity index (χ0n) is 11.7. The van der Waals surface area contributed by atoms with Gasteiger partial charge in [-0.2, -0.15) is 0 Å². The minimum Gasteiger partial charge on any atom is -0.387 e. The summed E-state index contributed by atoms with van der Waals surface area (Å²) in [5, 5.41) is 13.4. The predicted octanol–water partition coefficient (Wildman–Crippen LogP) is 0.734. The first-order valence-electron chi connectivity index (χ1n) is 6.88. The number of aliphatic hydroxyl groups is 1. The number of nitrogens with zero attached hydrogens (tertiary/aromatic N) is 1. The van der Waals surface area contributed by atoms with Crippen LogP contribution in [0.4, 0.5) is 0 Å². The van der Waals surface area contributed by atoms with Crippen LogP contribution in [0, 0.1) is 0 Å². The van der Waals surface area contributed by atoms with Crippen molar-refractivity contribution in [3.8, 4) is 0 Å². The number of hydrogen-bond donors (Lipinski definition) is 2. The van der Waals surface area contributed by atoms with Gasteiger partial charge in [-0.15, -0.1) is 0 Å². The van der Waals surface area contributed by atoms with Crippen molar-refractivity contribution < 1.29 is 13.5 Å². The van der Waals surface area contributed by atoms with E-state index in [1.54, 1.807) is 0 Å². The minimum absolute atomic E-state index is 0.270. The van der Waals surface area contributed by atoms with Crippen LogP contribution in [-0.2, 0) is 10.0 Å². The summed E-state index contributed by atoms with van der Waals surface area (Å²) >= 11 is 0. The van der Waals surface area contributed by atoms with Gasteiger partial charge in [0.25, 0.3) is 0 Å². The molecule has 1 unspecified atom stereocenters. The average molecular weight is 298 g/mol. The number of benzene rings is 1. The molecule has 1 fully saturated rings. The van der Waals surface area contributed by atoms with Crippen molar-refractivity contribution in [2.75, 3.05) is 25.9 Å². The molecular formula is C14H22N2O3S. The Morgan fingerprint density at radius 2 is 1.90 bits per heavy atom. The van der Waals surface area contributed by atoms with Gasteiger partial charge in [-0.1, -0.05) is 30.3 Å². The highest BCUT2D eigenvalue weighted by Gasteiger charge is 2.24. The highest BCUT2D eigenvalue weighted by molar-refractivity contribution is 7.88. The lowest BCUT2D eigenvalue weighted by atomic mass is 10.1. The van der Waals surface area contributed by atoms with E-state index in [2.05, 4.69) is 5.32 Å². The first-order chi connectivity index (χ1) is 9.47. The van der Waals surface area contributed by atoms with E-state index in [9.17, 15) is 13.5 Å². The molecule has 2 rings (SSSR count). The topological polar surface area (TPSA) is 69.6 Å². The quantitative estimate of drug-likeness (QED) is 0.841. The van der Waals surface area contributed by atoms with Gasteiger partial charge in [0, 0.05) is 25.7 Å². The highest BCUT2D eigenvalue weighted by atomic mass is 32.2. The molecular weight excluding hydrogens is 276 g/mol. The third kappa shape index (κ3) is 4.28. The van der Waals surface area contributed by atoms with Gasteiger partial charge >= 0.3 is 0 Å². The maximum Gasteiger partial charge on any atom is 0.211 e. The molecule has 0 amide bonds. The van der Waals surface area contributed by atoms with Crippen LogP contribution in [0.3, 0.4) is 0 Å². The van der Waals surface area contributed by atoms with Gasteiger partial charge in [0.15, 0.2) is 0 Å². The van der Waals surface area contributed by atoms with Crippen LogP contribution in [-0.4, -0.2) is 49.8 Å². The normalized spacial score (nSPS) is 19.9. The number of hydrogen-bond acceptors (Lipinski definition) is 4. The molecule has 1 atom stereocenters. The predicted molar refractivity (Wildman–Crippen MR) is 78.8 cm³/mol. The summed E-state index contributed by atoms with van der Waals surface area (Å²) in [6.45, 7) is 1.60. The van der Waals surface area contributed by atoms with Gasteiger partial charge in [-0.3, -0.25) is 0 Å². The van der Waals surface area contributed by atoms with Crippen LogP contribution >= 0.6 is 0 Å². The Labute approximate surface area is 120 Å². The maximum absolute atomic E-state index is 11.4. The van der Waals surface area contributed by atoms with Crippen molar-refractivity contribution in [2.45, 2.75) is 25.0 Å². The fourth-order valence-corrected chi connectivity index (χ4v) is 3.34. The second-order valence-corrected chi connectivity index (χ2v) is 7.25. The fourth-order valence-electron chi connectivity index (χ4n) is 2.46. The van der Waals surface area contributed by atoms with Crippen LogP contribution in [0.1, 0.15) is 24.5 Å². The first kappa shape index (κ1) is 15.4. The maximum atomic E-state index is 11.4. The van der Waals surface area contributed by atoms with E-state index in [1.807, 2.05) is 30.3 Å². The number of aliphatic hydroxyl groups excluding tert-OH is 1. The third-order valence-corrected chi connectivity index (χ3v) is 5.01. The van der Waals surface area contributed by atoms with E-state index in [-0.39, 0.29) is 6.04 Å². The molecule has 0 bridgehead atoms. The molecule has 1 saturated heterocycles. The van der Waals surface area contributed by atoms with E-state index in [0.29, 0.717) is 19.6 Å². The zero-order valence-corrected chi connectivity index (χ0v) is 12.5.